The molecule has 3 N–H and O–H groups in total. The molecule has 2 fully saturated rings. The third kappa shape index (κ3) is 5.11. The lowest BCUT2D eigenvalue weighted by Gasteiger charge is -2.32. The fourth-order valence-corrected chi connectivity index (χ4v) is 4.87. The van der Waals surface area contributed by atoms with Crippen molar-refractivity contribution in [3.8, 4) is 11.1 Å². The van der Waals surface area contributed by atoms with E-state index < -0.39 is 11.9 Å². The van der Waals surface area contributed by atoms with E-state index in [-0.39, 0.29) is 36.7 Å². The number of carbonyl (C=O) groups excluding carboxylic acids is 3. The van der Waals surface area contributed by atoms with Gasteiger partial charge in [0.25, 0.3) is 5.91 Å². The molecule has 1 saturated heterocycles. The lowest BCUT2D eigenvalue weighted by Crippen LogP contribution is -2.53. The van der Waals surface area contributed by atoms with Crippen molar-refractivity contribution in [3.05, 3.63) is 60.2 Å². The summed E-state index contributed by atoms with van der Waals surface area (Å²) >= 11 is 0. The van der Waals surface area contributed by atoms with Crippen molar-refractivity contribution in [1.82, 2.24) is 10.2 Å². The molecule has 2 aromatic carbocycles. The maximum Gasteiger partial charge on any atom is 0.254 e. The van der Waals surface area contributed by atoms with Gasteiger partial charge in [0.05, 0.1) is 18.2 Å². The first-order valence-corrected chi connectivity index (χ1v) is 11.6. The highest BCUT2D eigenvalue weighted by Gasteiger charge is 2.40. The fraction of sp³-hybridized carbons (Fsp3) is 0.385. The number of benzene rings is 2. The molecular weight excluding hydrogens is 432 g/mol. The molecule has 178 valence electrons. The van der Waals surface area contributed by atoms with Gasteiger partial charge in [-0.15, -0.1) is 0 Å². The van der Waals surface area contributed by atoms with Gasteiger partial charge in [-0.3, -0.25) is 14.4 Å². The molecular formula is C26H30N4O4. The molecule has 0 spiro atoms. The monoisotopic (exact) mass is 462 g/mol. The number of amides is 3. The quantitative estimate of drug-likeness (QED) is 0.643. The van der Waals surface area contributed by atoms with Gasteiger partial charge in [0.1, 0.15) is 13.2 Å². The van der Waals surface area contributed by atoms with Gasteiger partial charge < -0.3 is 20.8 Å². The Hall–Kier alpha value is -3.68. The number of hydrogen-bond donors (Lipinski definition) is 2. The average Bonchev–Trinajstić information content (AvgIpc) is 3.29. The lowest BCUT2D eigenvalue weighted by molar-refractivity contribution is -0.128. The van der Waals surface area contributed by atoms with Crippen molar-refractivity contribution in [3.63, 3.8) is 0 Å². The molecule has 0 radical (unpaired) electrons. The number of nitrogens with one attached hydrogen (secondary N) is 1. The van der Waals surface area contributed by atoms with Gasteiger partial charge in [0.2, 0.25) is 11.8 Å². The third-order valence-corrected chi connectivity index (χ3v) is 6.64. The second-order valence-corrected chi connectivity index (χ2v) is 8.84. The van der Waals surface area contributed by atoms with E-state index in [4.69, 9.17) is 10.6 Å². The first kappa shape index (κ1) is 23.5. The van der Waals surface area contributed by atoms with E-state index in [0.29, 0.717) is 24.1 Å². The largest absolute Gasteiger partial charge is 0.399 e. The average molecular weight is 463 g/mol. The SMILES string of the molecule is CON=C1C[C@@H](C(=O)N[C@@H]2CCCC[C@@H]2C(N)=O)N(C(=O)c2ccc(-c3ccccc3)cc2)C1. The van der Waals surface area contributed by atoms with Gasteiger partial charge in [-0.25, -0.2) is 0 Å². The van der Waals surface area contributed by atoms with Crippen LogP contribution < -0.4 is 11.1 Å². The Bertz CT molecular complexity index is 1070. The summed E-state index contributed by atoms with van der Waals surface area (Å²) in [6, 6.07) is 16.2. The van der Waals surface area contributed by atoms with Crippen molar-refractivity contribution < 1.29 is 19.2 Å². The van der Waals surface area contributed by atoms with Crippen LogP contribution in [0.25, 0.3) is 11.1 Å². The molecule has 8 nitrogen and oxygen atoms in total. The van der Waals surface area contributed by atoms with Gasteiger partial charge in [0.15, 0.2) is 0 Å². The summed E-state index contributed by atoms with van der Waals surface area (Å²) < 4.78 is 0. The number of rotatable bonds is 6. The number of hydrogen-bond acceptors (Lipinski definition) is 5. The Kier molecular flexibility index (Phi) is 7.25. The minimum Gasteiger partial charge on any atom is -0.399 e. The maximum absolute atomic E-state index is 13.4. The van der Waals surface area contributed by atoms with Crippen LogP contribution in [0, 0.1) is 5.92 Å². The minimum absolute atomic E-state index is 0.203. The van der Waals surface area contributed by atoms with Gasteiger partial charge in [-0.2, -0.15) is 0 Å². The van der Waals surface area contributed by atoms with Crippen LogP contribution in [0.3, 0.4) is 0 Å². The van der Waals surface area contributed by atoms with Crippen LogP contribution in [-0.4, -0.2) is 54.1 Å². The van der Waals surface area contributed by atoms with Crippen LogP contribution >= 0.6 is 0 Å². The predicted molar refractivity (Wildman–Crippen MR) is 129 cm³/mol. The Morgan fingerprint density at radius 2 is 1.68 bits per heavy atom. The summed E-state index contributed by atoms with van der Waals surface area (Å²) in [6.45, 7) is 0.203. The number of carbonyl (C=O) groups is 3. The normalized spacial score (nSPS) is 23.5. The van der Waals surface area contributed by atoms with Crippen LogP contribution in [0.5, 0.6) is 0 Å². The van der Waals surface area contributed by atoms with Gasteiger partial charge >= 0.3 is 0 Å². The molecule has 1 aliphatic carbocycles. The van der Waals surface area contributed by atoms with Crippen molar-refractivity contribution >= 4 is 23.4 Å². The summed E-state index contributed by atoms with van der Waals surface area (Å²) in [4.78, 5) is 45.0. The second kappa shape index (κ2) is 10.5. The van der Waals surface area contributed by atoms with Crippen LogP contribution in [0.2, 0.25) is 0 Å². The summed E-state index contributed by atoms with van der Waals surface area (Å²) in [5, 5.41) is 6.99. The third-order valence-electron chi connectivity index (χ3n) is 6.64. The van der Waals surface area contributed by atoms with Crippen molar-refractivity contribution in [2.24, 2.45) is 16.8 Å². The second-order valence-electron chi connectivity index (χ2n) is 8.84. The number of nitrogens with two attached hydrogens (primary N) is 1. The van der Waals surface area contributed by atoms with E-state index in [0.717, 1.165) is 24.0 Å². The van der Waals surface area contributed by atoms with Crippen molar-refractivity contribution in [2.45, 2.75) is 44.2 Å². The first-order valence-electron chi connectivity index (χ1n) is 11.6. The van der Waals surface area contributed by atoms with Gasteiger partial charge in [0, 0.05) is 18.0 Å². The summed E-state index contributed by atoms with van der Waals surface area (Å²) in [5.74, 6) is -1.34. The zero-order valence-electron chi connectivity index (χ0n) is 19.3. The smallest absolute Gasteiger partial charge is 0.254 e. The first-order chi connectivity index (χ1) is 16.5. The molecule has 2 aliphatic rings. The van der Waals surface area contributed by atoms with E-state index in [2.05, 4.69) is 10.5 Å². The molecule has 0 unspecified atom stereocenters. The molecule has 0 bridgehead atoms. The minimum atomic E-state index is -0.731. The number of oxime groups is 1. The zero-order chi connectivity index (χ0) is 24.1. The van der Waals surface area contributed by atoms with Gasteiger partial charge in [-0.05, 0) is 36.1 Å². The molecule has 0 aromatic heterocycles. The number of nitrogens with zero attached hydrogens (tertiary/aromatic N) is 2. The maximum atomic E-state index is 13.4. The van der Waals surface area contributed by atoms with E-state index in [9.17, 15) is 14.4 Å². The molecule has 8 heteroatoms. The Morgan fingerprint density at radius 1 is 1.00 bits per heavy atom. The van der Waals surface area contributed by atoms with Crippen molar-refractivity contribution in [1.29, 1.82) is 0 Å². The number of primary amides is 1. The standard InChI is InChI=1S/C26H30N4O4/c1-34-29-20-15-23(25(32)28-22-10-6-5-9-21(22)24(27)31)30(16-20)26(33)19-13-11-18(12-14-19)17-7-3-2-4-8-17/h2-4,7-8,11-14,21-23H,5-6,9-10,15-16H2,1H3,(H2,27,31)(H,28,32)/t21-,22+,23-/m0/s1. The van der Waals surface area contributed by atoms with Crippen LogP contribution in [0.1, 0.15) is 42.5 Å². The topological polar surface area (TPSA) is 114 Å². The lowest BCUT2D eigenvalue weighted by atomic mass is 9.84. The highest BCUT2D eigenvalue weighted by molar-refractivity contribution is 6.05. The Labute approximate surface area is 199 Å². The van der Waals surface area contributed by atoms with Crippen LogP contribution in [0.15, 0.2) is 59.8 Å². The highest BCUT2D eigenvalue weighted by atomic mass is 16.6. The molecule has 1 saturated carbocycles. The Balaban J connectivity index is 1.52. The van der Waals surface area contributed by atoms with Gasteiger partial charge in [-0.1, -0.05) is 60.5 Å². The van der Waals surface area contributed by atoms with E-state index in [1.165, 1.54) is 12.0 Å². The summed E-state index contributed by atoms with van der Waals surface area (Å²) in [7, 11) is 1.44. The van der Waals surface area contributed by atoms with Crippen LogP contribution in [0.4, 0.5) is 0 Å². The van der Waals surface area contributed by atoms with E-state index >= 15 is 0 Å². The Morgan fingerprint density at radius 3 is 2.35 bits per heavy atom. The fourth-order valence-electron chi connectivity index (χ4n) is 4.87. The van der Waals surface area contributed by atoms with E-state index in [1.54, 1.807) is 12.1 Å². The van der Waals surface area contributed by atoms with Crippen molar-refractivity contribution in [2.75, 3.05) is 13.7 Å². The van der Waals surface area contributed by atoms with Crippen LogP contribution in [-0.2, 0) is 14.4 Å². The predicted octanol–water partition coefficient (Wildman–Crippen LogP) is 2.73. The molecule has 3 amide bonds. The molecule has 3 atom stereocenters. The molecule has 1 aliphatic heterocycles. The summed E-state index contributed by atoms with van der Waals surface area (Å²) in [6.07, 6.45) is 3.48. The summed E-state index contributed by atoms with van der Waals surface area (Å²) in [5.41, 5.74) is 8.74. The number of likely N-dealkylation sites (tertiary alicyclic amines) is 1. The zero-order valence-corrected chi connectivity index (χ0v) is 19.3. The highest BCUT2D eigenvalue weighted by Crippen LogP contribution is 2.26. The van der Waals surface area contributed by atoms with E-state index in [1.807, 2.05) is 42.5 Å². The molecule has 34 heavy (non-hydrogen) atoms. The molecule has 1 heterocycles. The molecule has 4 rings (SSSR count). The molecule has 2 aromatic rings.